The van der Waals surface area contributed by atoms with E-state index in [4.69, 9.17) is 4.43 Å². The summed E-state index contributed by atoms with van der Waals surface area (Å²) < 4.78 is 7.12. The van der Waals surface area contributed by atoms with Crippen LogP contribution in [0.3, 0.4) is 0 Å². The van der Waals surface area contributed by atoms with Gasteiger partial charge in [0.2, 0.25) is 0 Å². The topological polar surface area (TPSA) is 69.9 Å². The van der Waals surface area contributed by atoms with E-state index in [1.165, 1.54) is 15.6 Å². The van der Waals surface area contributed by atoms with Crippen molar-refractivity contribution in [3.8, 4) is 0 Å². The predicted octanol–water partition coefficient (Wildman–Crippen LogP) is 5.22. The summed E-state index contributed by atoms with van der Waals surface area (Å²) in [6.07, 6.45) is 3.45. The van der Waals surface area contributed by atoms with Crippen LogP contribution in [-0.2, 0) is 4.43 Å². The van der Waals surface area contributed by atoms with Crippen molar-refractivity contribution >= 4 is 32.0 Å². The molecule has 1 fully saturated rings. The van der Waals surface area contributed by atoms with Gasteiger partial charge in [-0.1, -0.05) is 130 Å². The van der Waals surface area contributed by atoms with Crippen LogP contribution in [-0.4, -0.2) is 57.1 Å². The highest BCUT2D eigenvalue weighted by Gasteiger charge is 2.61. The lowest BCUT2D eigenvalue weighted by Crippen LogP contribution is -2.66. The summed E-state index contributed by atoms with van der Waals surface area (Å²) >= 11 is 0. The molecule has 3 aromatic rings. The first kappa shape index (κ1) is 31.9. The Morgan fingerprint density at radius 2 is 1.27 bits per heavy atom. The fourth-order valence-corrected chi connectivity index (χ4v) is 16.3. The van der Waals surface area contributed by atoms with E-state index in [1.807, 2.05) is 18.2 Å². The van der Waals surface area contributed by atoms with E-state index >= 15 is 0 Å². The van der Waals surface area contributed by atoms with Gasteiger partial charge in [0, 0.05) is 18.6 Å². The Hall–Kier alpha value is -2.07. The average Bonchev–Trinajstić information content (AvgIpc) is 3.30. The lowest BCUT2D eigenvalue weighted by molar-refractivity contribution is -0.105. The van der Waals surface area contributed by atoms with Crippen molar-refractivity contribution in [3.63, 3.8) is 0 Å². The number of rotatable bonds is 12. The molecule has 1 aliphatic carbocycles. The molecule has 4 nitrogen and oxygen atoms in total. The summed E-state index contributed by atoms with van der Waals surface area (Å²) in [4.78, 5) is 0. The van der Waals surface area contributed by atoms with Gasteiger partial charge in [0.25, 0.3) is 8.32 Å². The molecule has 41 heavy (non-hydrogen) atoms. The van der Waals surface area contributed by atoms with E-state index in [9.17, 15) is 15.3 Å². The van der Waals surface area contributed by atoms with Crippen molar-refractivity contribution in [2.45, 2.75) is 82.1 Å². The van der Waals surface area contributed by atoms with Gasteiger partial charge >= 0.3 is 0 Å². The molecule has 3 atom stereocenters. The van der Waals surface area contributed by atoms with Crippen molar-refractivity contribution in [1.82, 2.24) is 0 Å². The Kier molecular flexibility index (Phi) is 9.84. The molecule has 3 N–H and O–H groups in total. The second kappa shape index (κ2) is 12.7. The highest BCUT2D eigenvalue weighted by atomic mass is 28.4. The van der Waals surface area contributed by atoms with E-state index in [0.717, 1.165) is 12.8 Å². The molecule has 1 saturated carbocycles. The molecule has 0 heterocycles. The fraction of sp³-hybridized carbons (Fsp3) is 0.486. The van der Waals surface area contributed by atoms with Gasteiger partial charge in [-0.15, -0.1) is 0 Å². The summed E-state index contributed by atoms with van der Waals surface area (Å²) in [5.74, 6) is 0. The van der Waals surface area contributed by atoms with Crippen LogP contribution >= 0.6 is 0 Å². The standard InChI is InChI=1S/C35H50O4Si2/c1-33(2,3)41(30-19-11-7-12-20-30,31-21-13-8-14-22-31)39-26-16-25-35(38)24-15-23-34(35,28-37)32(27-36)40(4,5)29-17-9-6-10-18-29/h6-14,17-22,32,36-38H,15-16,23-28H2,1-5H3/t32-,34?,35?/m0/s1. The summed E-state index contributed by atoms with van der Waals surface area (Å²) in [6.45, 7) is 11.8. The van der Waals surface area contributed by atoms with Crippen molar-refractivity contribution in [3.05, 3.63) is 91.0 Å². The van der Waals surface area contributed by atoms with E-state index in [1.54, 1.807) is 0 Å². The Labute approximate surface area is 249 Å². The first-order valence-corrected chi connectivity index (χ1v) is 20.2. The van der Waals surface area contributed by atoms with Gasteiger partial charge in [0.1, 0.15) is 0 Å². The minimum absolute atomic E-state index is 0.0322. The van der Waals surface area contributed by atoms with Gasteiger partial charge in [0.05, 0.1) is 20.3 Å². The van der Waals surface area contributed by atoms with Crippen LogP contribution in [0, 0.1) is 5.41 Å². The zero-order valence-electron chi connectivity index (χ0n) is 25.6. The molecule has 1 aliphatic rings. The molecule has 0 aromatic heterocycles. The lowest BCUT2D eigenvalue weighted by Gasteiger charge is -2.51. The van der Waals surface area contributed by atoms with Crippen LogP contribution in [0.25, 0.3) is 0 Å². The Bertz CT molecular complexity index is 1190. The summed E-state index contributed by atoms with van der Waals surface area (Å²) in [5, 5.41) is 37.8. The minimum Gasteiger partial charge on any atom is -0.407 e. The third-order valence-corrected chi connectivity index (χ3v) is 19.5. The Morgan fingerprint density at radius 1 is 0.780 bits per heavy atom. The third kappa shape index (κ3) is 5.80. The largest absolute Gasteiger partial charge is 0.407 e. The zero-order chi connectivity index (χ0) is 29.8. The Balaban J connectivity index is 1.61. The first-order chi connectivity index (χ1) is 19.5. The summed E-state index contributed by atoms with van der Waals surface area (Å²) in [5.41, 5.74) is -1.94. The molecule has 0 bridgehead atoms. The molecular weight excluding hydrogens is 541 g/mol. The van der Waals surface area contributed by atoms with Crippen LogP contribution < -0.4 is 15.6 Å². The van der Waals surface area contributed by atoms with Crippen molar-refractivity contribution in [2.75, 3.05) is 19.8 Å². The van der Waals surface area contributed by atoms with Crippen LogP contribution in [0.1, 0.15) is 52.9 Å². The van der Waals surface area contributed by atoms with Crippen molar-refractivity contribution in [1.29, 1.82) is 0 Å². The monoisotopic (exact) mass is 590 g/mol. The molecule has 0 amide bonds. The van der Waals surface area contributed by atoms with E-state index in [2.05, 4.69) is 107 Å². The highest BCUT2D eigenvalue weighted by molar-refractivity contribution is 6.99. The smallest absolute Gasteiger partial charge is 0.261 e. The molecule has 0 spiro atoms. The first-order valence-electron chi connectivity index (χ1n) is 15.2. The molecule has 0 aliphatic heterocycles. The van der Waals surface area contributed by atoms with Gasteiger partial charge in [-0.05, 0) is 53.1 Å². The second-order valence-corrected chi connectivity index (χ2v) is 22.7. The summed E-state index contributed by atoms with van der Waals surface area (Å²) in [7, 11) is -4.90. The average molecular weight is 591 g/mol. The van der Waals surface area contributed by atoms with Gasteiger partial charge < -0.3 is 19.7 Å². The van der Waals surface area contributed by atoms with E-state index in [-0.39, 0.29) is 23.8 Å². The van der Waals surface area contributed by atoms with Gasteiger partial charge in [-0.3, -0.25) is 0 Å². The van der Waals surface area contributed by atoms with Crippen LogP contribution in [0.5, 0.6) is 0 Å². The molecule has 3 aromatic carbocycles. The normalized spacial score (nSPS) is 22.5. The van der Waals surface area contributed by atoms with Crippen molar-refractivity contribution < 1.29 is 19.7 Å². The number of hydrogen-bond donors (Lipinski definition) is 3. The van der Waals surface area contributed by atoms with Gasteiger partial charge in [-0.2, -0.15) is 0 Å². The van der Waals surface area contributed by atoms with Gasteiger partial charge in [0.15, 0.2) is 0 Å². The maximum absolute atomic E-state index is 12.3. The molecule has 222 valence electrons. The number of benzene rings is 3. The fourth-order valence-electron chi connectivity index (χ4n) is 7.90. The van der Waals surface area contributed by atoms with Crippen LogP contribution in [0.15, 0.2) is 91.0 Å². The van der Waals surface area contributed by atoms with Crippen LogP contribution in [0.4, 0.5) is 0 Å². The maximum Gasteiger partial charge on any atom is 0.261 e. The molecule has 0 saturated heterocycles. The van der Waals surface area contributed by atoms with E-state index in [0.29, 0.717) is 25.9 Å². The van der Waals surface area contributed by atoms with Gasteiger partial charge in [-0.25, -0.2) is 0 Å². The quantitative estimate of drug-likeness (QED) is 0.200. The predicted molar refractivity (Wildman–Crippen MR) is 176 cm³/mol. The SMILES string of the molecule is CC(C)(C)[Si](OCCCC1(O)CCCC1(CO)[C@H](CO)[Si](C)(C)c1ccccc1)(c1ccccc1)c1ccccc1. The molecule has 6 heteroatoms. The molecule has 4 rings (SSSR count). The maximum atomic E-state index is 12.3. The number of aliphatic hydroxyl groups is 3. The molecule has 0 radical (unpaired) electrons. The number of hydrogen-bond acceptors (Lipinski definition) is 4. The van der Waals surface area contributed by atoms with E-state index < -0.39 is 27.4 Å². The molecular formula is C35H50O4Si2. The minimum atomic E-state index is -2.66. The Morgan fingerprint density at radius 3 is 1.71 bits per heavy atom. The lowest BCUT2D eigenvalue weighted by atomic mass is 9.70. The highest BCUT2D eigenvalue weighted by Crippen LogP contribution is 2.58. The summed E-state index contributed by atoms with van der Waals surface area (Å²) in [6, 6.07) is 31.7. The van der Waals surface area contributed by atoms with Crippen LogP contribution in [0.2, 0.25) is 23.7 Å². The molecule has 2 unspecified atom stereocenters. The third-order valence-electron chi connectivity index (χ3n) is 10.1. The zero-order valence-corrected chi connectivity index (χ0v) is 27.6. The second-order valence-electron chi connectivity index (χ2n) is 13.6. The van der Waals surface area contributed by atoms with Crippen molar-refractivity contribution in [2.24, 2.45) is 5.41 Å². The number of aliphatic hydroxyl groups excluding tert-OH is 2.